The summed E-state index contributed by atoms with van der Waals surface area (Å²) in [6.07, 6.45) is 0. The highest BCUT2D eigenvalue weighted by molar-refractivity contribution is 9.10. The molecule has 1 N–H and O–H groups in total. The number of thiophene rings is 2. The molecule has 6 heteroatoms. The molecule has 3 rings (SSSR count). The lowest BCUT2D eigenvalue weighted by atomic mass is 10.2. The maximum absolute atomic E-state index is 6.22. The Morgan fingerprint density at radius 3 is 2.52 bits per heavy atom. The van der Waals surface area contributed by atoms with Crippen LogP contribution in [0.5, 0.6) is 0 Å². The van der Waals surface area contributed by atoms with Crippen LogP contribution < -0.4 is 5.32 Å². The van der Waals surface area contributed by atoms with Crippen LogP contribution in [0.15, 0.2) is 45.6 Å². The highest BCUT2D eigenvalue weighted by Gasteiger charge is 2.08. The quantitative estimate of drug-likeness (QED) is 0.473. The molecule has 0 fully saturated rings. The highest BCUT2D eigenvalue weighted by atomic mass is 79.9. The van der Waals surface area contributed by atoms with Crippen molar-refractivity contribution < 1.29 is 0 Å². The summed E-state index contributed by atoms with van der Waals surface area (Å²) in [5, 5.41) is 8.81. The number of benzene rings is 1. The maximum Gasteiger partial charge on any atom is 0.0722 e. The molecule has 1 nitrogen and oxygen atoms in total. The number of hydrogen-bond donors (Lipinski definition) is 1. The number of anilines is 1. The molecule has 0 radical (unpaired) electrons. The van der Waals surface area contributed by atoms with Crippen LogP contribution in [0, 0.1) is 0 Å². The Bertz CT molecular complexity index is 730. The van der Waals surface area contributed by atoms with Crippen molar-refractivity contribution in [2.24, 2.45) is 0 Å². The summed E-state index contributed by atoms with van der Waals surface area (Å²) >= 11 is 19.3. The first kappa shape index (κ1) is 15.4. The molecule has 0 unspecified atom stereocenters. The van der Waals surface area contributed by atoms with E-state index < -0.39 is 0 Å². The van der Waals surface area contributed by atoms with E-state index in [1.54, 1.807) is 22.7 Å². The second-order valence-electron chi connectivity index (χ2n) is 4.38. The van der Waals surface area contributed by atoms with Gasteiger partial charge < -0.3 is 5.32 Å². The molecule has 1 aromatic carbocycles. The van der Waals surface area contributed by atoms with Crippen LogP contribution in [0.3, 0.4) is 0 Å². The van der Waals surface area contributed by atoms with E-state index in [9.17, 15) is 0 Å². The predicted octanol–water partition coefficient (Wildman–Crippen LogP) is 7.16. The third-order valence-electron chi connectivity index (χ3n) is 2.91. The summed E-state index contributed by atoms with van der Waals surface area (Å²) < 4.78 is 0.874. The molecule has 3 aromatic rings. The molecule has 2 heterocycles. The van der Waals surface area contributed by atoms with Gasteiger partial charge in [0.1, 0.15) is 0 Å². The van der Waals surface area contributed by atoms with Gasteiger partial charge in [0.2, 0.25) is 0 Å². The average molecular weight is 419 g/mol. The monoisotopic (exact) mass is 417 g/mol. The summed E-state index contributed by atoms with van der Waals surface area (Å²) in [6.45, 7) is 0.705. The summed E-state index contributed by atoms with van der Waals surface area (Å²) in [4.78, 5) is 2.53. The Hall–Kier alpha value is -0.520. The van der Waals surface area contributed by atoms with Gasteiger partial charge in [0.15, 0.2) is 0 Å². The number of nitrogens with one attached hydrogen (secondary N) is 1. The van der Waals surface area contributed by atoms with Crippen molar-refractivity contribution in [1.29, 1.82) is 0 Å². The van der Waals surface area contributed by atoms with E-state index in [4.69, 9.17) is 23.2 Å². The van der Waals surface area contributed by atoms with E-state index in [1.165, 1.54) is 15.3 Å². The first-order valence-electron chi connectivity index (χ1n) is 6.13. The average Bonchev–Trinajstić information content (AvgIpc) is 3.08. The third kappa shape index (κ3) is 3.63. The molecular weight excluding hydrogens is 409 g/mol. The van der Waals surface area contributed by atoms with Gasteiger partial charge in [-0.15, -0.1) is 22.7 Å². The Labute approximate surface area is 149 Å². The zero-order chi connectivity index (χ0) is 14.8. The van der Waals surface area contributed by atoms with Gasteiger partial charge in [-0.2, -0.15) is 0 Å². The van der Waals surface area contributed by atoms with Crippen molar-refractivity contribution in [3.8, 4) is 10.4 Å². The molecule has 21 heavy (non-hydrogen) atoms. The van der Waals surface area contributed by atoms with Gasteiger partial charge in [-0.1, -0.05) is 45.2 Å². The van der Waals surface area contributed by atoms with Gasteiger partial charge in [-0.3, -0.25) is 0 Å². The minimum atomic E-state index is 0.615. The van der Waals surface area contributed by atoms with E-state index in [-0.39, 0.29) is 0 Å². The van der Waals surface area contributed by atoms with Gasteiger partial charge in [0.05, 0.1) is 15.7 Å². The molecule has 0 bridgehead atoms. The summed E-state index contributed by atoms with van der Waals surface area (Å²) in [6, 6.07) is 10.1. The van der Waals surface area contributed by atoms with E-state index >= 15 is 0 Å². The van der Waals surface area contributed by atoms with Gasteiger partial charge in [0, 0.05) is 26.3 Å². The molecule has 0 aliphatic heterocycles. The summed E-state index contributed by atoms with van der Waals surface area (Å²) in [5.74, 6) is 0. The summed E-state index contributed by atoms with van der Waals surface area (Å²) in [5.41, 5.74) is 2.03. The molecule has 0 aliphatic rings. The molecule has 0 atom stereocenters. The maximum atomic E-state index is 6.22. The zero-order valence-corrected chi connectivity index (χ0v) is 15.4. The molecular formula is C15H10BrCl2NS2. The first-order chi connectivity index (χ1) is 10.1. The van der Waals surface area contributed by atoms with Gasteiger partial charge in [0.25, 0.3) is 0 Å². The van der Waals surface area contributed by atoms with Crippen LogP contribution in [0.4, 0.5) is 5.69 Å². The standard InChI is InChI=1S/C15H10BrCl2NS2/c16-10-5-12(17)15(13(18)6-10)19-7-11-4-9(8-21-11)14-2-1-3-20-14/h1-6,8,19H,7H2. The van der Waals surface area contributed by atoms with E-state index in [0.29, 0.717) is 16.6 Å². The molecule has 0 aliphatic carbocycles. The molecule has 2 aromatic heterocycles. The van der Waals surface area contributed by atoms with Crippen molar-refractivity contribution >= 4 is 67.5 Å². The van der Waals surface area contributed by atoms with E-state index in [2.05, 4.69) is 50.2 Å². The van der Waals surface area contributed by atoms with Crippen LogP contribution in [-0.4, -0.2) is 0 Å². The molecule has 0 amide bonds. The predicted molar refractivity (Wildman–Crippen MR) is 99.1 cm³/mol. The van der Waals surface area contributed by atoms with Crippen molar-refractivity contribution in [3.05, 3.63) is 60.5 Å². The smallest absolute Gasteiger partial charge is 0.0722 e. The summed E-state index contributed by atoms with van der Waals surface area (Å²) in [7, 11) is 0. The number of hydrogen-bond acceptors (Lipinski definition) is 3. The Morgan fingerprint density at radius 2 is 1.86 bits per heavy atom. The molecule has 0 spiro atoms. The van der Waals surface area contributed by atoms with Crippen LogP contribution in [0.25, 0.3) is 10.4 Å². The zero-order valence-electron chi connectivity index (χ0n) is 10.7. The Kier molecular flexibility index (Phi) is 4.92. The molecule has 0 saturated heterocycles. The van der Waals surface area contributed by atoms with E-state index in [0.717, 1.165) is 10.2 Å². The lowest BCUT2D eigenvalue weighted by Gasteiger charge is -2.10. The van der Waals surface area contributed by atoms with Gasteiger partial charge in [-0.05, 0) is 35.0 Å². The SMILES string of the molecule is Clc1cc(Br)cc(Cl)c1NCc1cc(-c2cccs2)cs1. The minimum absolute atomic E-state index is 0.615. The van der Waals surface area contributed by atoms with Crippen LogP contribution >= 0.6 is 61.8 Å². The molecule has 0 saturated carbocycles. The third-order valence-corrected chi connectivity index (χ3v) is 5.82. The lowest BCUT2D eigenvalue weighted by Crippen LogP contribution is -1.98. The Morgan fingerprint density at radius 1 is 1.10 bits per heavy atom. The van der Waals surface area contributed by atoms with Crippen LogP contribution in [0.1, 0.15) is 4.88 Å². The fraction of sp³-hybridized carbons (Fsp3) is 0.0667. The van der Waals surface area contributed by atoms with Crippen molar-refractivity contribution in [1.82, 2.24) is 0 Å². The van der Waals surface area contributed by atoms with Gasteiger partial charge in [-0.25, -0.2) is 0 Å². The highest BCUT2D eigenvalue weighted by Crippen LogP contribution is 2.35. The normalized spacial score (nSPS) is 10.8. The van der Waals surface area contributed by atoms with Crippen LogP contribution in [-0.2, 0) is 6.54 Å². The second-order valence-corrected chi connectivity index (χ2v) is 8.05. The second kappa shape index (κ2) is 6.71. The number of halogens is 3. The van der Waals surface area contributed by atoms with Crippen molar-refractivity contribution in [3.63, 3.8) is 0 Å². The molecule has 108 valence electrons. The largest absolute Gasteiger partial charge is 0.378 e. The minimum Gasteiger partial charge on any atom is -0.378 e. The van der Waals surface area contributed by atoms with Crippen molar-refractivity contribution in [2.75, 3.05) is 5.32 Å². The van der Waals surface area contributed by atoms with Gasteiger partial charge >= 0.3 is 0 Å². The topological polar surface area (TPSA) is 12.0 Å². The van der Waals surface area contributed by atoms with Crippen molar-refractivity contribution in [2.45, 2.75) is 6.54 Å². The van der Waals surface area contributed by atoms with Crippen LogP contribution in [0.2, 0.25) is 10.0 Å². The Balaban J connectivity index is 1.74. The fourth-order valence-electron chi connectivity index (χ4n) is 1.93. The van der Waals surface area contributed by atoms with E-state index in [1.807, 2.05) is 12.1 Å². The lowest BCUT2D eigenvalue weighted by molar-refractivity contribution is 1.19. The fourth-order valence-corrected chi connectivity index (χ4v) is 4.89. The number of rotatable bonds is 4. The first-order valence-corrected chi connectivity index (χ1v) is 9.44.